The standard InChI is InChI=1S/C23H21N3O3/c24-22(27)17-6-5-16-12-21-19-4-2-1-3-15(19)11-18(14-26(21)20(16)13-17)23(28)25-7-9-29-10-8-25/h1-6,11-13H,7-10,14H2,(H2,24,27). The van der Waals surface area contributed by atoms with Gasteiger partial charge in [-0.25, -0.2) is 0 Å². The van der Waals surface area contributed by atoms with Gasteiger partial charge < -0.3 is 19.9 Å². The maximum Gasteiger partial charge on any atom is 0.251 e. The van der Waals surface area contributed by atoms with E-state index in [4.69, 9.17) is 10.5 Å². The molecule has 1 aromatic heterocycles. The molecule has 6 heteroatoms. The van der Waals surface area contributed by atoms with Crippen LogP contribution in [0.4, 0.5) is 0 Å². The summed E-state index contributed by atoms with van der Waals surface area (Å²) in [5.41, 5.74) is 10.7. The molecule has 0 atom stereocenters. The van der Waals surface area contributed by atoms with E-state index in [0.29, 0.717) is 38.4 Å². The van der Waals surface area contributed by atoms with Crippen molar-refractivity contribution >= 4 is 28.8 Å². The molecule has 2 aromatic carbocycles. The predicted molar refractivity (Wildman–Crippen MR) is 111 cm³/mol. The molecule has 5 rings (SSSR count). The number of nitrogens with zero attached hydrogens (tertiary/aromatic N) is 2. The van der Waals surface area contributed by atoms with Crippen LogP contribution in [0.5, 0.6) is 0 Å². The Labute approximate surface area is 168 Å². The number of aromatic nitrogens is 1. The van der Waals surface area contributed by atoms with Crippen LogP contribution in [0.25, 0.3) is 28.2 Å². The van der Waals surface area contributed by atoms with E-state index in [1.54, 1.807) is 6.07 Å². The van der Waals surface area contributed by atoms with Gasteiger partial charge in [-0.2, -0.15) is 0 Å². The molecule has 0 aliphatic carbocycles. The summed E-state index contributed by atoms with van der Waals surface area (Å²) in [6.07, 6.45) is 1.99. The molecule has 2 aliphatic heterocycles. The number of hydrogen-bond donors (Lipinski definition) is 1. The zero-order valence-corrected chi connectivity index (χ0v) is 15.9. The minimum atomic E-state index is -0.461. The number of rotatable bonds is 2. The Morgan fingerprint density at radius 2 is 1.79 bits per heavy atom. The number of morpholine rings is 1. The smallest absolute Gasteiger partial charge is 0.251 e. The monoisotopic (exact) mass is 387 g/mol. The predicted octanol–water partition coefficient (Wildman–Crippen LogP) is 2.66. The van der Waals surface area contributed by atoms with E-state index in [1.807, 2.05) is 41.3 Å². The molecule has 1 fully saturated rings. The Morgan fingerprint density at radius 1 is 1.00 bits per heavy atom. The van der Waals surface area contributed by atoms with Crippen molar-refractivity contribution in [3.63, 3.8) is 0 Å². The summed E-state index contributed by atoms with van der Waals surface area (Å²) < 4.78 is 7.50. The van der Waals surface area contributed by atoms with Crippen LogP contribution in [-0.2, 0) is 16.1 Å². The number of hydrogen-bond acceptors (Lipinski definition) is 3. The lowest BCUT2D eigenvalue weighted by atomic mass is 10.0. The summed E-state index contributed by atoms with van der Waals surface area (Å²) in [7, 11) is 0. The summed E-state index contributed by atoms with van der Waals surface area (Å²) in [6.45, 7) is 2.77. The highest BCUT2D eigenvalue weighted by Crippen LogP contribution is 2.35. The van der Waals surface area contributed by atoms with Gasteiger partial charge in [-0.3, -0.25) is 9.59 Å². The van der Waals surface area contributed by atoms with Crippen molar-refractivity contribution in [2.24, 2.45) is 5.73 Å². The number of fused-ring (bicyclic) bond motifs is 5. The van der Waals surface area contributed by atoms with Gasteiger partial charge in [0, 0.05) is 40.7 Å². The van der Waals surface area contributed by atoms with Gasteiger partial charge in [0.1, 0.15) is 0 Å². The minimum Gasteiger partial charge on any atom is -0.378 e. The van der Waals surface area contributed by atoms with Gasteiger partial charge in [-0.15, -0.1) is 0 Å². The highest BCUT2D eigenvalue weighted by molar-refractivity contribution is 6.02. The van der Waals surface area contributed by atoms with Crippen LogP contribution in [0.1, 0.15) is 15.9 Å². The number of ether oxygens (including phenoxy) is 1. The van der Waals surface area contributed by atoms with E-state index in [9.17, 15) is 9.59 Å². The molecule has 2 N–H and O–H groups in total. The molecule has 3 aromatic rings. The van der Waals surface area contributed by atoms with Crippen LogP contribution in [0.3, 0.4) is 0 Å². The highest BCUT2D eigenvalue weighted by atomic mass is 16.5. The Bertz CT molecular complexity index is 1170. The number of nitrogens with two attached hydrogens (primary N) is 1. The molecule has 2 amide bonds. The fraction of sp³-hybridized carbons (Fsp3) is 0.217. The lowest BCUT2D eigenvalue weighted by molar-refractivity contribution is -0.131. The van der Waals surface area contributed by atoms with Crippen molar-refractivity contribution < 1.29 is 14.3 Å². The zero-order chi connectivity index (χ0) is 20.0. The first-order valence-corrected chi connectivity index (χ1v) is 9.72. The van der Waals surface area contributed by atoms with Crippen molar-refractivity contribution in [1.29, 1.82) is 0 Å². The van der Waals surface area contributed by atoms with Gasteiger partial charge >= 0.3 is 0 Å². The SMILES string of the molecule is NC(=O)c1ccc2cc3n(c2c1)CC(C(=O)N1CCOCC1)=Cc1ccccc1-3. The van der Waals surface area contributed by atoms with Gasteiger partial charge in [0.15, 0.2) is 0 Å². The summed E-state index contributed by atoms with van der Waals surface area (Å²) >= 11 is 0. The Balaban J connectivity index is 1.68. The third-order valence-corrected chi connectivity index (χ3v) is 5.66. The third-order valence-electron chi connectivity index (χ3n) is 5.66. The number of amides is 2. The summed E-state index contributed by atoms with van der Waals surface area (Å²) in [4.78, 5) is 26.8. The summed E-state index contributed by atoms with van der Waals surface area (Å²) in [5.74, 6) is -0.430. The van der Waals surface area contributed by atoms with Crippen molar-refractivity contribution in [2.45, 2.75) is 6.54 Å². The summed E-state index contributed by atoms with van der Waals surface area (Å²) in [5, 5.41) is 1.01. The molecule has 0 spiro atoms. The quantitative estimate of drug-likeness (QED) is 0.734. The molecule has 0 unspecified atom stereocenters. The van der Waals surface area contributed by atoms with Crippen molar-refractivity contribution in [3.8, 4) is 11.3 Å². The maximum absolute atomic E-state index is 13.3. The lowest BCUT2D eigenvalue weighted by Crippen LogP contribution is -2.41. The number of carbonyl (C=O) groups is 2. The molecule has 6 nitrogen and oxygen atoms in total. The highest BCUT2D eigenvalue weighted by Gasteiger charge is 2.25. The molecule has 146 valence electrons. The first-order chi connectivity index (χ1) is 14.1. The number of primary amides is 1. The molecule has 0 saturated carbocycles. The average Bonchev–Trinajstić information content (AvgIpc) is 3.02. The Kier molecular flexibility index (Phi) is 4.21. The van der Waals surface area contributed by atoms with E-state index in [1.165, 1.54) is 0 Å². The molecular weight excluding hydrogens is 366 g/mol. The van der Waals surface area contributed by atoms with Crippen LogP contribution >= 0.6 is 0 Å². The van der Waals surface area contributed by atoms with E-state index in [-0.39, 0.29) is 5.91 Å². The maximum atomic E-state index is 13.3. The van der Waals surface area contributed by atoms with Crippen molar-refractivity contribution in [3.05, 3.63) is 65.2 Å². The molecular formula is C23H21N3O3. The normalized spacial score (nSPS) is 16.0. The number of carbonyl (C=O) groups excluding carboxylic acids is 2. The third kappa shape index (κ3) is 3.02. The largest absolute Gasteiger partial charge is 0.378 e. The van der Waals surface area contributed by atoms with Gasteiger partial charge in [0.25, 0.3) is 5.91 Å². The zero-order valence-electron chi connectivity index (χ0n) is 15.9. The van der Waals surface area contributed by atoms with Crippen LogP contribution in [0, 0.1) is 0 Å². The van der Waals surface area contributed by atoms with Crippen LogP contribution in [0.2, 0.25) is 0 Å². The second kappa shape index (κ2) is 6.90. The Morgan fingerprint density at radius 3 is 2.59 bits per heavy atom. The van der Waals surface area contributed by atoms with E-state index < -0.39 is 5.91 Å². The second-order valence-electron chi connectivity index (χ2n) is 7.41. The minimum absolute atomic E-state index is 0.0314. The molecule has 0 bridgehead atoms. The van der Waals surface area contributed by atoms with Crippen LogP contribution in [0.15, 0.2) is 54.1 Å². The Hall–Kier alpha value is -3.38. The van der Waals surface area contributed by atoms with Crippen LogP contribution < -0.4 is 5.73 Å². The van der Waals surface area contributed by atoms with E-state index in [0.717, 1.165) is 33.3 Å². The van der Waals surface area contributed by atoms with Crippen LogP contribution in [-0.4, -0.2) is 47.6 Å². The van der Waals surface area contributed by atoms with Gasteiger partial charge in [-0.05, 0) is 29.8 Å². The molecule has 0 radical (unpaired) electrons. The molecule has 1 saturated heterocycles. The first-order valence-electron chi connectivity index (χ1n) is 9.72. The fourth-order valence-corrected chi connectivity index (χ4v) is 4.16. The fourth-order valence-electron chi connectivity index (χ4n) is 4.16. The lowest BCUT2D eigenvalue weighted by Gasteiger charge is -2.28. The van der Waals surface area contributed by atoms with Crippen molar-refractivity contribution in [2.75, 3.05) is 26.3 Å². The second-order valence-corrected chi connectivity index (χ2v) is 7.41. The summed E-state index contributed by atoms with van der Waals surface area (Å²) in [6, 6.07) is 15.6. The first kappa shape index (κ1) is 17.7. The van der Waals surface area contributed by atoms with E-state index >= 15 is 0 Å². The molecule has 2 aliphatic rings. The average molecular weight is 387 g/mol. The topological polar surface area (TPSA) is 77.6 Å². The number of benzene rings is 2. The molecule has 3 heterocycles. The van der Waals surface area contributed by atoms with Gasteiger partial charge in [-0.1, -0.05) is 30.3 Å². The van der Waals surface area contributed by atoms with Gasteiger partial charge in [0.2, 0.25) is 5.91 Å². The molecule has 29 heavy (non-hydrogen) atoms. The van der Waals surface area contributed by atoms with Gasteiger partial charge in [0.05, 0.1) is 25.5 Å². The van der Waals surface area contributed by atoms with Crippen molar-refractivity contribution in [1.82, 2.24) is 9.47 Å². The van der Waals surface area contributed by atoms with E-state index in [2.05, 4.69) is 16.7 Å².